The quantitative estimate of drug-likeness (QED) is 0.467. The van der Waals surface area contributed by atoms with Crippen molar-refractivity contribution >= 4 is 23.6 Å². The Bertz CT molecular complexity index is 855. The standard InChI is InChI=1S/C19H21NO4S/c1-13-11-17(22)18(19(23)20(13)2)16(21)8-7-14-5-4-6-15(12-14)24-9-10-25-3/h4-8,11-12,22H,9-10H2,1-3H3/b8-7+. The lowest BCUT2D eigenvalue weighted by Crippen LogP contribution is -2.25. The first-order valence-corrected chi connectivity index (χ1v) is 9.17. The Balaban J connectivity index is 2.20. The van der Waals surface area contributed by atoms with Crippen molar-refractivity contribution in [1.82, 2.24) is 4.57 Å². The Labute approximate surface area is 151 Å². The molecule has 0 atom stereocenters. The van der Waals surface area contributed by atoms with Crippen LogP contribution in [-0.2, 0) is 7.05 Å². The fraction of sp³-hybridized carbons (Fsp3) is 0.263. The van der Waals surface area contributed by atoms with Gasteiger partial charge in [0.25, 0.3) is 5.56 Å². The number of pyridine rings is 1. The van der Waals surface area contributed by atoms with Gasteiger partial charge >= 0.3 is 0 Å². The minimum atomic E-state index is -0.535. The van der Waals surface area contributed by atoms with Gasteiger partial charge in [-0.15, -0.1) is 0 Å². The number of nitrogens with zero attached hydrogens (tertiary/aromatic N) is 1. The number of aromatic hydroxyl groups is 1. The molecule has 0 fully saturated rings. The van der Waals surface area contributed by atoms with Crippen molar-refractivity contribution < 1.29 is 14.6 Å². The van der Waals surface area contributed by atoms with E-state index in [0.29, 0.717) is 12.3 Å². The molecule has 1 aromatic carbocycles. The van der Waals surface area contributed by atoms with E-state index in [0.717, 1.165) is 17.1 Å². The zero-order valence-electron chi connectivity index (χ0n) is 14.5. The number of rotatable bonds is 7. The lowest BCUT2D eigenvalue weighted by Gasteiger charge is -2.07. The molecule has 0 unspecified atom stereocenters. The van der Waals surface area contributed by atoms with Gasteiger partial charge in [-0.2, -0.15) is 11.8 Å². The minimum absolute atomic E-state index is 0.225. The summed E-state index contributed by atoms with van der Waals surface area (Å²) in [6.45, 7) is 2.30. The topological polar surface area (TPSA) is 68.5 Å². The number of carbonyl (C=O) groups is 1. The summed E-state index contributed by atoms with van der Waals surface area (Å²) in [5.74, 6) is 0.781. The molecule has 5 nitrogen and oxygen atoms in total. The zero-order chi connectivity index (χ0) is 18.4. The van der Waals surface area contributed by atoms with E-state index in [1.165, 1.54) is 16.7 Å². The lowest BCUT2D eigenvalue weighted by molar-refractivity contribution is 0.104. The van der Waals surface area contributed by atoms with E-state index in [9.17, 15) is 14.7 Å². The molecule has 1 aromatic heterocycles. The van der Waals surface area contributed by atoms with Crippen molar-refractivity contribution in [2.24, 2.45) is 7.05 Å². The summed E-state index contributed by atoms with van der Waals surface area (Å²) in [4.78, 5) is 24.5. The van der Waals surface area contributed by atoms with Gasteiger partial charge in [0.2, 0.25) is 0 Å². The first kappa shape index (κ1) is 18.9. The number of ether oxygens (including phenoxy) is 1. The molecule has 0 amide bonds. The van der Waals surface area contributed by atoms with Crippen molar-refractivity contribution in [2.45, 2.75) is 6.92 Å². The number of aromatic nitrogens is 1. The lowest BCUT2D eigenvalue weighted by atomic mass is 10.1. The maximum Gasteiger partial charge on any atom is 0.265 e. The number of aryl methyl sites for hydroxylation is 1. The van der Waals surface area contributed by atoms with Crippen LogP contribution in [0.1, 0.15) is 21.6 Å². The van der Waals surface area contributed by atoms with Crippen LogP contribution in [0, 0.1) is 6.92 Å². The fourth-order valence-electron chi connectivity index (χ4n) is 2.24. The third-order valence-electron chi connectivity index (χ3n) is 3.74. The molecule has 0 saturated carbocycles. The number of benzene rings is 1. The molecule has 0 aliphatic carbocycles. The highest BCUT2D eigenvalue weighted by atomic mass is 32.2. The molecular weight excluding hydrogens is 338 g/mol. The van der Waals surface area contributed by atoms with E-state index < -0.39 is 11.3 Å². The second-order valence-electron chi connectivity index (χ2n) is 5.52. The molecule has 2 aromatic rings. The van der Waals surface area contributed by atoms with Crippen LogP contribution in [0.3, 0.4) is 0 Å². The van der Waals surface area contributed by atoms with E-state index in [4.69, 9.17) is 4.74 Å². The molecule has 0 aliphatic rings. The van der Waals surface area contributed by atoms with Crippen LogP contribution in [0.25, 0.3) is 6.08 Å². The largest absolute Gasteiger partial charge is 0.507 e. The van der Waals surface area contributed by atoms with E-state index in [1.54, 1.807) is 31.8 Å². The van der Waals surface area contributed by atoms with Crippen LogP contribution in [0.5, 0.6) is 11.5 Å². The molecule has 2 rings (SSSR count). The maximum absolute atomic E-state index is 12.3. The van der Waals surface area contributed by atoms with E-state index in [1.807, 2.05) is 30.5 Å². The number of allylic oxidation sites excluding steroid dienone is 1. The van der Waals surface area contributed by atoms with Gasteiger partial charge in [-0.1, -0.05) is 18.2 Å². The van der Waals surface area contributed by atoms with Crippen LogP contribution in [0.15, 0.2) is 41.2 Å². The molecule has 0 spiro atoms. The Kier molecular flexibility index (Phi) is 6.47. The molecule has 0 aliphatic heterocycles. The zero-order valence-corrected chi connectivity index (χ0v) is 15.3. The van der Waals surface area contributed by atoms with Crippen LogP contribution in [0.4, 0.5) is 0 Å². The van der Waals surface area contributed by atoms with Gasteiger partial charge in [0.1, 0.15) is 17.1 Å². The monoisotopic (exact) mass is 359 g/mol. The van der Waals surface area contributed by atoms with Crippen LogP contribution < -0.4 is 10.3 Å². The molecule has 0 radical (unpaired) electrons. The number of hydrogen-bond donors (Lipinski definition) is 1. The molecule has 0 bridgehead atoms. The van der Waals surface area contributed by atoms with Crippen molar-refractivity contribution in [3.63, 3.8) is 0 Å². The maximum atomic E-state index is 12.3. The smallest absolute Gasteiger partial charge is 0.265 e. The molecule has 132 valence electrons. The second-order valence-corrected chi connectivity index (χ2v) is 6.51. The Hall–Kier alpha value is -2.47. The summed E-state index contributed by atoms with van der Waals surface area (Å²) < 4.78 is 6.95. The molecular formula is C19H21NO4S. The number of ketones is 1. The first-order valence-electron chi connectivity index (χ1n) is 7.78. The summed E-state index contributed by atoms with van der Waals surface area (Å²) in [5, 5.41) is 9.94. The predicted octanol–water partition coefficient (Wildman–Crippen LogP) is 3.04. The summed E-state index contributed by atoms with van der Waals surface area (Å²) >= 11 is 1.70. The fourth-order valence-corrected chi connectivity index (χ4v) is 2.49. The Morgan fingerprint density at radius 1 is 1.36 bits per heavy atom. The van der Waals surface area contributed by atoms with E-state index >= 15 is 0 Å². The average Bonchev–Trinajstić information content (AvgIpc) is 2.59. The van der Waals surface area contributed by atoms with Crippen molar-refractivity contribution in [3.8, 4) is 11.5 Å². The van der Waals surface area contributed by atoms with E-state index in [2.05, 4.69) is 0 Å². The normalized spacial score (nSPS) is 11.0. The molecule has 1 heterocycles. The predicted molar refractivity (Wildman–Crippen MR) is 102 cm³/mol. The molecule has 6 heteroatoms. The van der Waals surface area contributed by atoms with Crippen LogP contribution >= 0.6 is 11.8 Å². The molecule has 1 N–H and O–H groups in total. The highest BCUT2D eigenvalue weighted by Crippen LogP contribution is 2.18. The van der Waals surface area contributed by atoms with Gasteiger partial charge < -0.3 is 14.4 Å². The van der Waals surface area contributed by atoms with Crippen molar-refractivity contribution in [3.05, 3.63) is 63.6 Å². The van der Waals surface area contributed by atoms with Gasteiger partial charge in [0, 0.05) is 24.6 Å². The second kappa shape index (κ2) is 8.58. The van der Waals surface area contributed by atoms with Crippen molar-refractivity contribution in [2.75, 3.05) is 18.6 Å². The molecule has 0 saturated heterocycles. The minimum Gasteiger partial charge on any atom is -0.507 e. The third-order valence-corrected chi connectivity index (χ3v) is 4.31. The van der Waals surface area contributed by atoms with Gasteiger partial charge in [0.05, 0.1) is 6.61 Å². The number of carbonyl (C=O) groups excluding carboxylic acids is 1. The number of thioether (sulfide) groups is 1. The SMILES string of the molecule is CSCCOc1cccc(/C=C/C(=O)c2c(O)cc(C)n(C)c2=O)c1. The van der Waals surface area contributed by atoms with Crippen molar-refractivity contribution in [1.29, 1.82) is 0 Å². The summed E-state index contributed by atoms with van der Waals surface area (Å²) in [6, 6.07) is 8.74. The van der Waals surface area contributed by atoms with E-state index in [-0.39, 0.29) is 11.3 Å². The van der Waals surface area contributed by atoms with Gasteiger partial charge in [0.15, 0.2) is 5.78 Å². The molecule has 25 heavy (non-hydrogen) atoms. The first-order chi connectivity index (χ1) is 11.9. The highest BCUT2D eigenvalue weighted by molar-refractivity contribution is 7.98. The number of hydrogen-bond acceptors (Lipinski definition) is 5. The van der Waals surface area contributed by atoms with Gasteiger partial charge in [-0.25, -0.2) is 0 Å². The Morgan fingerprint density at radius 3 is 2.84 bits per heavy atom. The summed E-state index contributed by atoms with van der Waals surface area (Å²) in [7, 11) is 1.56. The summed E-state index contributed by atoms with van der Waals surface area (Å²) in [6.07, 6.45) is 4.90. The highest BCUT2D eigenvalue weighted by Gasteiger charge is 2.16. The Morgan fingerprint density at radius 2 is 2.12 bits per heavy atom. The average molecular weight is 359 g/mol. The summed E-state index contributed by atoms with van der Waals surface area (Å²) in [5.41, 5.74) is 0.620. The van der Waals surface area contributed by atoms with Crippen LogP contribution in [-0.4, -0.2) is 34.1 Å². The van der Waals surface area contributed by atoms with Gasteiger partial charge in [-0.05, 0) is 37.0 Å². The third kappa shape index (κ3) is 4.76. The van der Waals surface area contributed by atoms with Crippen LogP contribution in [0.2, 0.25) is 0 Å². The van der Waals surface area contributed by atoms with Gasteiger partial charge in [-0.3, -0.25) is 9.59 Å².